The third-order valence-corrected chi connectivity index (χ3v) is 3.01. The predicted molar refractivity (Wildman–Crippen MR) is 43.1 cm³/mol. The average molecular weight is 182 g/mol. The molecule has 0 aliphatic heterocycles. The lowest BCUT2D eigenvalue weighted by Crippen LogP contribution is -2.20. The van der Waals surface area contributed by atoms with Gasteiger partial charge in [-0.15, -0.1) is 0 Å². The van der Waals surface area contributed by atoms with E-state index < -0.39 is 11.9 Å². The zero-order valence-corrected chi connectivity index (χ0v) is 6.93. The molecule has 0 aromatic heterocycles. The Hall–Kier alpha value is -1.32. The second-order valence-electron chi connectivity index (χ2n) is 3.70. The molecule has 4 heteroatoms. The molecule has 0 spiro atoms. The normalized spacial score (nSPS) is 36.0. The number of aliphatic carboxylic acids is 2. The maximum Gasteiger partial charge on any atom is 0.331 e. The zero-order chi connectivity index (χ0) is 9.59. The number of carbonyl (C=O) groups is 2. The minimum Gasteiger partial charge on any atom is -0.481 e. The molecule has 0 aromatic carbocycles. The Morgan fingerprint density at radius 3 is 2.38 bits per heavy atom. The lowest BCUT2D eigenvalue weighted by molar-refractivity contribution is -0.143. The lowest BCUT2D eigenvalue weighted by atomic mass is 9.90. The Morgan fingerprint density at radius 2 is 2.00 bits per heavy atom. The van der Waals surface area contributed by atoms with E-state index >= 15 is 0 Å². The van der Waals surface area contributed by atoms with Crippen LogP contribution in [0.3, 0.4) is 0 Å². The van der Waals surface area contributed by atoms with Crippen LogP contribution < -0.4 is 0 Å². The molecule has 1 unspecified atom stereocenters. The van der Waals surface area contributed by atoms with Gasteiger partial charge in [0, 0.05) is 5.57 Å². The summed E-state index contributed by atoms with van der Waals surface area (Å²) in [7, 11) is 0. The van der Waals surface area contributed by atoms with Gasteiger partial charge in [0.25, 0.3) is 0 Å². The van der Waals surface area contributed by atoms with Gasteiger partial charge in [-0.3, -0.25) is 4.79 Å². The fraction of sp³-hybridized carbons (Fsp3) is 0.556. The number of fused-ring (bicyclic) bond motifs is 2. The third-order valence-electron chi connectivity index (χ3n) is 3.01. The van der Waals surface area contributed by atoms with Gasteiger partial charge in [-0.2, -0.15) is 0 Å². The Labute approximate surface area is 74.9 Å². The molecule has 4 nitrogen and oxygen atoms in total. The smallest absolute Gasteiger partial charge is 0.331 e. The first-order valence-electron chi connectivity index (χ1n) is 4.27. The molecular weight excluding hydrogens is 172 g/mol. The van der Waals surface area contributed by atoms with Crippen molar-refractivity contribution < 1.29 is 19.8 Å². The minimum absolute atomic E-state index is 0.0244. The number of carboxylic acid groups (broad SMARTS) is 2. The lowest BCUT2D eigenvalue weighted by Gasteiger charge is -2.14. The maximum absolute atomic E-state index is 10.7. The molecule has 0 saturated heterocycles. The van der Waals surface area contributed by atoms with E-state index in [1.807, 2.05) is 0 Å². The van der Waals surface area contributed by atoms with Gasteiger partial charge in [0.1, 0.15) is 0 Å². The van der Waals surface area contributed by atoms with E-state index in [4.69, 9.17) is 10.2 Å². The number of hydrogen-bond donors (Lipinski definition) is 2. The van der Waals surface area contributed by atoms with Crippen molar-refractivity contribution in [3.8, 4) is 0 Å². The molecule has 70 valence electrons. The predicted octanol–water partition coefficient (Wildman–Crippen LogP) is 0.738. The van der Waals surface area contributed by atoms with Crippen LogP contribution in [0.5, 0.6) is 0 Å². The summed E-state index contributed by atoms with van der Waals surface area (Å²) in [5.74, 6) is -2.12. The van der Waals surface area contributed by atoms with E-state index in [1.54, 1.807) is 6.08 Å². The molecule has 13 heavy (non-hydrogen) atoms. The van der Waals surface area contributed by atoms with Crippen LogP contribution in [0.4, 0.5) is 0 Å². The summed E-state index contributed by atoms with van der Waals surface area (Å²) >= 11 is 0. The molecule has 0 heterocycles. The summed E-state index contributed by atoms with van der Waals surface area (Å²) in [6.07, 6.45) is 2.83. The van der Waals surface area contributed by atoms with Crippen molar-refractivity contribution >= 4 is 11.9 Å². The molecule has 2 aliphatic carbocycles. The monoisotopic (exact) mass is 182 g/mol. The first-order chi connectivity index (χ1) is 6.09. The fourth-order valence-corrected chi connectivity index (χ4v) is 2.41. The quantitative estimate of drug-likeness (QED) is 0.660. The molecule has 0 radical (unpaired) electrons. The largest absolute Gasteiger partial charge is 0.481 e. The van der Waals surface area contributed by atoms with Gasteiger partial charge in [0.15, 0.2) is 0 Å². The van der Waals surface area contributed by atoms with Crippen molar-refractivity contribution in [2.45, 2.75) is 12.8 Å². The van der Waals surface area contributed by atoms with Crippen LogP contribution in [0.15, 0.2) is 11.6 Å². The summed E-state index contributed by atoms with van der Waals surface area (Å²) in [6.45, 7) is 0. The van der Waals surface area contributed by atoms with Gasteiger partial charge < -0.3 is 10.2 Å². The van der Waals surface area contributed by atoms with Crippen molar-refractivity contribution in [3.63, 3.8) is 0 Å². The molecule has 2 bridgehead atoms. The van der Waals surface area contributed by atoms with E-state index in [2.05, 4.69) is 0 Å². The highest BCUT2D eigenvalue weighted by molar-refractivity contribution is 5.89. The van der Waals surface area contributed by atoms with Crippen LogP contribution >= 0.6 is 0 Å². The fourth-order valence-electron chi connectivity index (χ4n) is 2.41. The van der Waals surface area contributed by atoms with Gasteiger partial charge in [-0.05, 0) is 24.7 Å². The second-order valence-corrected chi connectivity index (χ2v) is 3.70. The topological polar surface area (TPSA) is 74.6 Å². The molecule has 2 aliphatic rings. The van der Waals surface area contributed by atoms with E-state index in [0.29, 0.717) is 18.4 Å². The highest BCUT2D eigenvalue weighted by Gasteiger charge is 2.45. The summed E-state index contributed by atoms with van der Waals surface area (Å²) < 4.78 is 0. The number of carboxylic acids is 2. The first kappa shape index (κ1) is 8.29. The van der Waals surface area contributed by atoms with Crippen LogP contribution in [-0.2, 0) is 9.59 Å². The molecule has 1 fully saturated rings. The van der Waals surface area contributed by atoms with Crippen molar-refractivity contribution in [2.24, 2.45) is 17.8 Å². The summed E-state index contributed by atoms with van der Waals surface area (Å²) in [5, 5.41) is 17.5. The highest BCUT2D eigenvalue weighted by Crippen LogP contribution is 2.47. The van der Waals surface area contributed by atoms with Gasteiger partial charge in [-0.1, -0.05) is 6.08 Å². The molecule has 3 atom stereocenters. The summed E-state index contributed by atoms with van der Waals surface area (Å²) in [5.41, 5.74) is 0.419. The van der Waals surface area contributed by atoms with Gasteiger partial charge in [0.05, 0.1) is 5.92 Å². The Morgan fingerprint density at radius 1 is 1.31 bits per heavy atom. The standard InChI is InChI=1S/C9H10O4/c10-8(11)6-2-4-1-5(6)3-7(4)9(12)13/h2,4-5,7H,1,3H2,(H,10,11)(H,12,13)/t4-,5-,7?/m1/s1. The second kappa shape index (κ2) is 2.58. The van der Waals surface area contributed by atoms with E-state index in [1.165, 1.54) is 0 Å². The van der Waals surface area contributed by atoms with Crippen molar-refractivity contribution in [1.82, 2.24) is 0 Å². The number of rotatable bonds is 2. The Kier molecular flexibility index (Phi) is 1.65. The zero-order valence-electron chi connectivity index (χ0n) is 6.93. The molecule has 0 aromatic rings. The maximum atomic E-state index is 10.7. The van der Waals surface area contributed by atoms with Crippen molar-refractivity contribution in [2.75, 3.05) is 0 Å². The average Bonchev–Trinajstić information content (AvgIpc) is 2.60. The third kappa shape index (κ3) is 1.13. The summed E-state index contributed by atoms with van der Waals surface area (Å²) in [6, 6.07) is 0. The summed E-state index contributed by atoms with van der Waals surface area (Å²) in [4.78, 5) is 21.3. The van der Waals surface area contributed by atoms with Crippen molar-refractivity contribution in [3.05, 3.63) is 11.6 Å². The molecule has 0 amide bonds. The van der Waals surface area contributed by atoms with Gasteiger partial charge in [0.2, 0.25) is 0 Å². The molecule has 2 rings (SSSR count). The van der Waals surface area contributed by atoms with Crippen LogP contribution in [0.25, 0.3) is 0 Å². The molecular formula is C9H10O4. The van der Waals surface area contributed by atoms with Gasteiger partial charge in [-0.25, -0.2) is 4.79 Å². The number of allylic oxidation sites excluding steroid dienone is 1. The minimum atomic E-state index is -0.892. The molecule has 1 saturated carbocycles. The Bertz CT molecular complexity index is 305. The van der Waals surface area contributed by atoms with Crippen LogP contribution in [-0.4, -0.2) is 22.2 Å². The van der Waals surface area contributed by atoms with Crippen LogP contribution in [0.2, 0.25) is 0 Å². The SMILES string of the molecule is O=C(O)C1=C[C@H]2C[C@@H]1CC2C(=O)O. The Balaban J connectivity index is 2.20. The van der Waals surface area contributed by atoms with Crippen LogP contribution in [0, 0.1) is 17.8 Å². The van der Waals surface area contributed by atoms with Crippen molar-refractivity contribution in [1.29, 1.82) is 0 Å². The molecule has 2 N–H and O–H groups in total. The van der Waals surface area contributed by atoms with E-state index in [-0.39, 0.29) is 17.8 Å². The number of hydrogen-bond acceptors (Lipinski definition) is 2. The van der Waals surface area contributed by atoms with Gasteiger partial charge >= 0.3 is 11.9 Å². The van der Waals surface area contributed by atoms with Crippen LogP contribution in [0.1, 0.15) is 12.8 Å². The highest BCUT2D eigenvalue weighted by atomic mass is 16.4. The van der Waals surface area contributed by atoms with E-state index in [0.717, 1.165) is 0 Å². The van der Waals surface area contributed by atoms with E-state index in [9.17, 15) is 9.59 Å². The first-order valence-corrected chi connectivity index (χ1v) is 4.27.